The van der Waals surface area contributed by atoms with Gasteiger partial charge >= 0.3 is 12.1 Å². The second kappa shape index (κ2) is 9.76. The number of ether oxygens (including phenoxy) is 3. The lowest BCUT2D eigenvalue weighted by Crippen LogP contribution is -2.31. The highest BCUT2D eigenvalue weighted by atomic mass is 19.4. The minimum atomic E-state index is -4.49. The van der Waals surface area contributed by atoms with Crippen molar-refractivity contribution in [2.24, 2.45) is 0 Å². The van der Waals surface area contributed by atoms with Crippen LogP contribution in [0.1, 0.15) is 15.9 Å². The van der Waals surface area contributed by atoms with Crippen LogP contribution in [0.5, 0.6) is 11.6 Å². The van der Waals surface area contributed by atoms with Gasteiger partial charge in [0.25, 0.3) is 5.91 Å². The lowest BCUT2D eigenvalue weighted by Gasteiger charge is -2.18. The number of para-hydroxylation sites is 1. The maximum Gasteiger partial charge on any atom is 0.422 e. The van der Waals surface area contributed by atoms with E-state index in [0.717, 1.165) is 17.8 Å². The maximum atomic E-state index is 12.2. The third kappa shape index (κ3) is 6.98. The van der Waals surface area contributed by atoms with Crippen molar-refractivity contribution in [1.29, 1.82) is 0 Å². The zero-order valence-electron chi connectivity index (χ0n) is 15.7. The van der Waals surface area contributed by atoms with E-state index in [9.17, 15) is 22.8 Å². The van der Waals surface area contributed by atoms with Crippen LogP contribution in [0, 0.1) is 0 Å². The van der Waals surface area contributed by atoms with E-state index in [1.807, 2.05) is 12.1 Å². The van der Waals surface area contributed by atoms with Crippen LogP contribution in [-0.4, -0.2) is 55.3 Å². The van der Waals surface area contributed by atoms with Crippen molar-refractivity contribution in [3.05, 3.63) is 53.7 Å². The number of likely N-dealkylation sites (N-methyl/N-ethyl adjacent to an activating group) is 1. The van der Waals surface area contributed by atoms with Gasteiger partial charge in [-0.15, -0.1) is 0 Å². The molecule has 0 spiro atoms. The molecule has 1 heterocycles. The number of carbonyl (C=O) groups excluding carboxylic acids is 2. The lowest BCUT2D eigenvalue weighted by atomic mass is 10.2. The molecule has 10 heteroatoms. The van der Waals surface area contributed by atoms with Crippen LogP contribution >= 0.6 is 0 Å². The second-order valence-corrected chi connectivity index (χ2v) is 5.93. The van der Waals surface area contributed by atoms with E-state index in [0.29, 0.717) is 5.75 Å². The van der Waals surface area contributed by atoms with Crippen molar-refractivity contribution >= 4 is 11.9 Å². The number of carbonyl (C=O) groups is 2. The smallest absolute Gasteiger partial charge is 0.422 e. The van der Waals surface area contributed by atoms with E-state index >= 15 is 0 Å². The molecule has 0 unspecified atom stereocenters. The molecule has 2 rings (SSSR count). The molecule has 0 saturated carbocycles. The zero-order valence-corrected chi connectivity index (χ0v) is 15.7. The number of rotatable bonds is 8. The molecular weight excluding hydrogens is 393 g/mol. The van der Waals surface area contributed by atoms with Crippen molar-refractivity contribution < 1.29 is 37.0 Å². The van der Waals surface area contributed by atoms with Gasteiger partial charge in [0.2, 0.25) is 5.88 Å². The Morgan fingerprint density at radius 2 is 1.86 bits per heavy atom. The van der Waals surface area contributed by atoms with Crippen molar-refractivity contribution in [2.45, 2.75) is 12.7 Å². The molecule has 1 amide bonds. The standard InChI is InChI=1S/C19H19F3N2O5/c1-24(10-14-5-3-4-6-15(14)27-2)17(25)11-28-18(26)13-7-8-16(23-9-13)29-12-19(20,21)22/h3-9H,10-12H2,1-2H3. The van der Waals surface area contributed by atoms with Crippen molar-refractivity contribution in [3.8, 4) is 11.6 Å². The molecule has 0 aliphatic heterocycles. The average Bonchev–Trinajstić information content (AvgIpc) is 2.70. The van der Waals surface area contributed by atoms with Gasteiger partial charge in [0.15, 0.2) is 13.2 Å². The molecule has 0 atom stereocenters. The highest BCUT2D eigenvalue weighted by Crippen LogP contribution is 2.19. The molecule has 156 valence electrons. The summed E-state index contributed by atoms with van der Waals surface area (Å²) >= 11 is 0. The average molecular weight is 412 g/mol. The largest absolute Gasteiger partial charge is 0.496 e. The van der Waals surface area contributed by atoms with E-state index in [1.54, 1.807) is 19.2 Å². The Bertz CT molecular complexity index is 840. The Labute approximate surface area is 165 Å². The van der Waals surface area contributed by atoms with Crippen LogP contribution < -0.4 is 9.47 Å². The summed E-state index contributed by atoms with van der Waals surface area (Å²) in [6.07, 6.45) is -3.48. The van der Waals surface area contributed by atoms with Crippen LogP contribution in [0.3, 0.4) is 0 Å². The highest BCUT2D eigenvalue weighted by molar-refractivity contribution is 5.91. The lowest BCUT2D eigenvalue weighted by molar-refractivity contribution is -0.154. The molecule has 0 saturated heterocycles. The SMILES string of the molecule is COc1ccccc1CN(C)C(=O)COC(=O)c1ccc(OCC(F)(F)F)nc1. The van der Waals surface area contributed by atoms with Gasteiger partial charge in [-0.1, -0.05) is 18.2 Å². The summed E-state index contributed by atoms with van der Waals surface area (Å²) in [5.41, 5.74) is 0.764. The summed E-state index contributed by atoms with van der Waals surface area (Å²) in [6.45, 7) is -1.74. The molecule has 0 aliphatic carbocycles. The maximum absolute atomic E-state index is 12.2. The Morgan fingerprint density at radius 1 is 1.14 bits per heavy atom. The molecule has 0 N–H and O–H groups in total. The first-order valence-corrected chi connectivity index (χ1v) is 8.38. The van der Waals surface area contributed by atoms with E-state index in [4.69, 9.17) is 9.47 Å². The number of halogens is 3. The predicted octanol–water partition coefficient (Wildman–Crippen LogP) is 2.85. The van der Waals surface area contributed by atoms with Gasteiger partial charge in [-0.05, 0) is 12.1 Å². The van der Waals surface area contributed by atoms with Gasteiger partial charge in [-0.2, -0.15) is 13.2 Å². The summed E-state index contributed by atoms with van der Waals surface area (Å²) in [5, 5.41) is 0. The number of esters is 1. The highest BCUT2D eigenvalue weighted by Gasteiger charge is 2.28. The number of alkyl halides is 3. The molecule has 0 bridgehead atoms. The summed E-state index contributed by atoms with van der Waals surface area (Å²) in [7, 11) is 3.08. The van der Waals surface area contributed by atoms with Gasteiger partial charge in [0.05, 0.1) is 12.7 Å². The van der Waals surface area contributed by atoms with Crippen molar-refractivity contribution in [3.63, 3.8) is 0 Å². The van der Waals surface area contributed by atoms with E-state index in [2.05, 4.69) is 9.72 Å². The van der Waals surface area contributed by atoms with Gasteiger partial charge in [0.1, 0.15) is 5.75 Å². The molecule has 7 nitrogen and oxygen atoms in total. The normalized spacial score (nSPS) is 10.9. The first-order chi connectivity index (χ1) is 13.7. The van der Waals surface area contributed by atoms with Gasteiger partial charge in [0, 0.05) is 31.4 Å². The second-order valence-electron chi connectivity index (χ2n) is 5.93. The van der Waals surface area contributed by atoms with E-state index in [1.165, 1.54) is 18.1 Å². The third-order valence-corrected chi connectivity index (χ3v) is 3.71. The van der Waals surface area contributed by atoms with Gasteiger partial charge < -0.3 is 19.1 Å². The summed E-state index contributed by atoms with van der Waals surface area (Å²) in [6, 6.07) is 9.50. The number of nitrogens with zero attached hydrogens (tertiary/aromatic N) is 2. The fraction of sp³-hybridized carbons (Fsp3) is 0.316. The van der Waals surface area contributed by atoms with Crippen LogP contribution in [-0.2, 0) is 16.1 Å². The molecular formula is C19H19F3N2O5. The monoisotopic (exact) mass is 412 g/mol. The Morgan fingerprint density at radius 3 is 2.48 bits per heavy atom. The Kier molecular flexibility index (Phi) is 7.40. The minimum absolute atomic E-state index is 0.0236. The quantitative estimate of drug-likeness (QED) is 0.621. The fourth-order valence-electron chi connectivity index (χ4n) is 2.24. The Hall–Kier alpha value is -3.30. The molecule has 2 aromatic rings. The number of benzene rings is 1. The number of hydrogen-bond donors (Lipinski definition) is 0. The molecule has 0 radical (unpaired) electrons. The van der Waals surface area contributed by atoms with Gasteiger partial charge in [-0.3, -0.25) is 4.79 Å². The minimum Gasteiger partial charge on any atom is -0.496 e. The van der Waals surface area contributed by atoms with Crippen molar-refractivity contribution in [1.82, 2.24) is 9.88 Å². The summed E-state index contributed by atoms with van der Waals surface area (Å²) in [4.78, 5) is 29.1. The van der Waals surface area contributed by atoms with Crippen molar-refractivity contribution in [2.75, 3.05) is 27.4 Å². The molecule has 0 aliphatic rings. The summed E-state index contributed by atoms with van der Waals surface area (Å²) < 4.78 is 50.9. The first-order valence-electron chi connectivity index (χ1n) is 8.38. The van der Waals surface area contributed by atoms with E-state index < -0.39 is 31.3 Å². The van der Waals surface area contributed by atoms with Crippen LogP contribution in [0.4, 0.5) is 13.2 Å². The Balaban J connectivity index is 1.85. The topological polar surface area (TPSA) is 78.0 Å². The fourth-order valence-corrected chi connectivity index (χ4v) is 2.24. The zero-order chi connectivity index (χ0) is 21.4. The number of methoxy groups -OCH3 is 1. The van der Waals surface area contributed by atoms with Crippen LogP contribution in [0.25, 0.3) is 0 Å². The number of aromatic nitrogens is 1. The van der Waals surface area contributed by atoms with Crippen LogP contribution in [0.2, 0.25) is 0 Å². The predicted molar refractivity (Wildman–Crippen MR) is 95.5 cm³/mol. The number of pyridine rings is 1. The number of amides is 1. The number of hydrogen-bond acceptors (Lipinski definition) is 6. The molecule has 1 aromatic carbocycles. The van der Waals surface area contributed by atoms with Gasteiger partial charge in [-0.25, -0.2) is 9.78 Å². The summed E-state index contributed by atoms with van der Waals surface area (Å²) in [5.74, 6) is -0.934. The first kappa shape index (κ1) is 22.0. The molecule has 0 fully saturated rings. The molecule has 1 aromatic heterocycles. The van der Waals surface area contributed by atoms with Crippen LogP contribution in [0.15, 0.2) is 42.6 Å². The third-order valence-electron chi connectivity index (χ3n) is 3.71. The molecule has 29 heavy (non-hydrogen) atoms. The van der Waals surface area contributed by atoms with E-state index in [-0.39, 0.29) is 18.0 Å².